The van der Waals surface area contributed by atoms with E-state index >= 15 is 0 Å². The molecule has 0 aliphatic carbocycles. The molecular formula is C17H18N2O2. The average Bonchev–Trinajstić information content (AvgIpc) is 3.05. The highest BCUT2D eigenvalue weighted by molar-refractivity contribution is 5.86. The summed E-state index contributed by atoms with van der Waals surface area (Å²) >= 11 is 0. The normalized spacial score (nSPS) is 11.9. The Kier molecular flexibility index (Phi) is 3.73. The molecular weight excluding hydrogens is 264 g/mol. The van der Waals surface area contributed by atoms with E-state index in [1.165, 1.54) is 5.39 Å². The van der Waals surface area contributed by atoms with Gasteiger partial charge in [0.2, 0.25) is 5.79 Å². The molecule has 0 N–H and O–H groups in total. The molecule has 0 aliphatic rings. The van der Waals surface area contributed by atoms with Crippen molar-refractivity contribution in [3.63, 3.8) is 0 Å². The van der Waals surface area contributed by atoms with Crippen molar-refractivity contribution in [1.29, 1.82) is 0 Å². The lowest BCUT2D eigenvalue weighted by atomic mass is 9.97. The third kappa shape index (κ3) is 2.44. The van der Waals surface area contributed by atoms with Crippen molar-refractivity contribution in [3.8, 4) is 0 Å². The first kappa shape index (κ1) is 13.8. The Morgan fingerprint density at radius 1 is 1.05 bits per heavy atom. The highest BCUT2D eigenvalue weighted by Gasteiger charge is 2.34. The molecule has 4 heteroatoms. The summed E-state index contributed by atoms with van der Waals surface area (Å²) in [6, 6.07) is 14.4. The third-order valence-electron chi connectivity index (χ3n) is 3.81. The van der Waals surface area contributed by atoms with E-state index in [2.05, 4.69) is 23.2 Å². The predicted octanol–water partition coefficient (Wildman–Crippen LogP) is 3.18. The average molecular weight is 282 g/mol. The molecule has 0 amide bonds. The number of methoxy groups -OCH3 is 2. The second-order valence-electron chi connectivity index (χ2n) is 4.92. The minimum atomic E-state index is -0.846. The molecule has 21 heavy (non-hydrogen) atoms. The number of benzene rings is 2. The Morgan fingerprint density at radius 2 is 1.81 bits per heavy atom. The van der Waals surface area contributed by atoms with Crippen LogP contribution >= 0.6 is 0 Å². The van der Waals surface area contributed by atoms with Crippen LogP contribution in [0, 0.1) is 0 Å². The molecule has 0 saturated carbocycles. The minimum absolute atomic E-state index is 0.536. The van der Waals surface area contributed by atoms with Crippen LogP contribution in [-0.2, 0) is 21.8 Å². The lowest BCUT2D eigenvalue weighted by Gasteiger charge is -2.32. The van der Waals surface area contributed by atoms with Crippen molar-refractivity contribution in [1.82, 2.24) is 9.55 Å². The summed E-state index contributed by atoms with van der Waals surface area (Å²) in [6.07, 6.45) is 5.41. The Bertz CT molecular complexity index is 713. The summed E-state index contributed by atoms with van der Waals surface area (Å²) < 4.78 is 13.5. The van der Waals surface area contributed by atoms with Crippen molar-refractivity contribution < 1.29 is 9.47 Å². The van der Waals surface area contributed by atoms with E-state index in [9.17, 15) is 0 Å². The molecule has 0 spiro atoms. The van der Waals surface area contributed by atoms with Crippen molar-refractivity contribution in [2.45, 2.75) is 12.3 Å². The van der Waals surface area contributed by atoms with Gasteiger partial charge in [0.25, 0.3) is 0 Å². The Hall–Kier alpha value is -2.17. The maximum atomic E-state index is 5.78. The Morgan fingerprint density at radius 3 is 2.52 bits per heavy atom. The highest BCUT2D eigenvalue weighted by Crippen LogP contribution is 2.33. The summed E-state index contributed by atoms with van der Waals surface area (Å²) in [5, 5.41) is 2.29. The topological polar surface area (TPSA) is 36.3 Å². The first-order valence-electron chi connectivity index (χ1n) is 6.83. The van der Waals surface area contributed by atoms with Gasteiger partial charge in [0.15, 0.2) is 0 Å². The van der Waals surface area contributed by atoms with Gasteiger partial charge in [-0.25, -0.2) is 4.98 Å². The lowest BCUT2D eigenvalue weighted by Crippen LogP contribution is -2.35. The van der Waals surface area contributed by atoms with Gasteiger partial charge >= 0.3 is 0 Å². The Balaban J connectivity index is 2.15. The van der Waals surface area contributed by atoms with Crippen LogP contribution in [0.5, 0.6) is 0 Å². The van der Waals surface area contributed by atoms with E-state index in [1.807, 2.05) is 35.0 Å². The summed E-state index contributed by atoms with van der Waals surface area (Å²) in [6.45, 7) is 0.536. The molecule has 0 atom stereocenters. The molecule has 0 fully saturated rings. The number of hydrogen-bond donors (Lipinski definition) is 0. The van der Waals surface area contributed by atoms with Crippen LogP contribution in [0.3, 0.4) is 0 Å². The first-order chi connectivity index (χ1) is 10.3. The van der Waals surface area contributed by atoms with Crippen LogP contribution in [0.15, 0.2) is 61.2 Å². The monoisotopic (exact) mass is 282 g/mol. The van der Waals surface area contributed by atoms with E-state index in [0.717, 1.165) is 10.9 Å². The quantitative estimate of drug-likeness (QED) is 0.674. The number of ether oxygens (including phenoxy) is 2. The zero-order valence-corrected chi connectivity index (χ0v) is 12.2. The molecule has 3 aromatic rings. The van der Waals surface area contributed by atoms with Crippen LogP contribution in [0.4, 0.5) is 0 Å². The summed E-state index contributed by atoms with van der Waals surface area (Å²) in [4.78, 5) is 4.08. The smallest absolute Gasteiger partial charge is 0.213 e. The first-order valence-corrected chi connectivity index (χ1v) is 6.83. The molecule has 1 heterocycles. The molecule has 0 aliphatic heterocycles. The van der Waals surface area contributed by atoms with E-state index in [1.54, 1.807) is 26.7 Å². The molecule has 2 aromatic carbocycles. The van der Waals surface area contributed by atoms with Crippen molar-refractivity contribution in [2.24, 2.45) is 0 Å². The van der Waals surface area contributed by atoms with Crippen LogP contribution in [-0.4, -0.2) is 23.8 Å². The fourth-order valence-corrected chi connectivity index (χ4v) is 2.70. The maximum absolute atomic E-state index is 5.78. The van der Waals surface area contributed by atoms with Crippen LogP contribution in [0.1, 0.15) is 5.56 Å². The van der Waals surface area contributed by atoms with Crippen molar-refractivity contribution >= 4 is 10.8 Å². The molecule has 108 valence electrons. The molecule has 4 nitrogen and oxygen atoms in total. The number of imidazole rings is 1. The van der Waals surface area contributed by atoms with Gasteiger partial charge in [-0.05, 0) is 10.8 Å². The standard InChI is InChI=1S/C17H18N2O2/c1-20-17(21-2,12-19-11-10-18-13-19)16-9-5-7-14-6-3-4-8-15(14)16/h3-11,13H,12H2,1-2H3. The van der Waals surface area contributed by atoms with Crippen molar-refractivity contribution in [3.05, 3.63) is 66.7 Å². The van der Waals surface area contributed by atoms with Crippen LogP contribution in [0.2, 0.25) is 0 Å². The van der Waals surface area contributed by atoms with Crippen molar-refractivity contribution in [2.75, 3.05) is 14.2 Å². The number of aromatic nitrogens is 2. The van der Waals surface area contributed by atoms with Gasteiger partial charge in [0, 0.05) is 32.2 Å². The number of rotatable bonds is 5. The van der Waals surface area contributed by atoms with Crippen LogP contribution in [0.25, 0.3) is 10.8 Å². The van der Waals surface area contributed by atoms with E-state index in [0.29, 0.717) is 6.54 Å². The van der Waals surface area contributed by atoms with Gasteiger partial charge in [-0.15, -0.1) is 0 Å². The third-order valence-corrected chi connectivity index (χ3v) is 3.81. The number of nitrogens with zero attached hydrogens (tertiary/aromatic N) is 2. The molecule has 0 unspecified atom stereocenters. The fraction of sp³-hybridized carbons (Fsp3) is 0.235. The van der Waals surface area contributed by atoms with Gasteiger partial charge in [0.1, 0.15) is 0 Å². The maximum Gasteiger partial charge on any atom is 0.213 e. The summed E-state index contributed by atoms with van der Waals surface area (Å²) in [5.41, 5.74) is 1.01. The molecule has 0 radical (unpaired) electrons. The second kappa shape index (κ2) is 5.68. The van der Waals surface area contributed by atoms with E-state index < -0.39 is 5.79 Å². The second-order valence-corrected chi connectivity index (χ2v) is 4.92. The predicted molar refractivity (Wildman–Crippen MR) is 81.9 cm³/mol. The summed E-state index contributed by atoms with van der Waals surface area (Å²) in [7, 11) is 3.34. The zero-order chi connectivity index (χ0) is 14.7. The lowest BCUT2D eigenvalue weighted by molar-refractivity contribution is -0.223. The molecule has 0 saturated heterocycles. The van der Waals surface area contributed by atoms with E-state index in [4.69, 9.17) is 9.47 Å². The van der Waals surface area contributed by atoms with Gasteiger partial charge in [0.05, 0.1) is 12.9 Å². The summed E-state index contributed by atoms with van der Waals surface area (Å²) in [5.74, 6) is -0.846. The minimum Gasteiger partial charge on any atom is -0.348 e. The number of fused-ring (bicyclic) bond motifs is 1. The van der Waals surface area contributed by atoms with Gasteiger partial charge in [-0.2, -0.15) is 0 Å². The number of hydrogen-bond acceptors (Lipinski definition) is 3. The SMILES string of the molecule is COC(Cn1ccnc1)(OC)c1cccc2ccccc12. The van der Waals surface area contributed by atoms with Gasteiger partial charge < -0.3 is 14.0 Å². The zero-order valence-electron chi connectivity index (χ0n) is 12.2. The largest absolute Gasteiger partial charge is 0.348 e. The van der Waals surface area contributed by atoms with E-state index in [-0.39, 0.29) is 0 Å². The molecule has 0 bridgehead atoms. The highest BCUT2D eigenvalue weighted by atomic mass is 16.7. The van der Waals surface area contributed by atoms with Gasteiger partial charge in [-0.3, -0.25) is 0 Å². The molecule has 1 aromatic heterocycles. The Labute approximate surface area is 123 Å². The fourth-order valence-electron chi connectivity index (χ4n) is 2.70. The molecule has 3 rings (SSSR count). The van der Waals surface area contributed by atoms with Gasteiger partial charge in [-0.1, -0.05) is 42.5 Å². The van der Waals surface area contributed by atoms with Crippen LogP contribution < -0.4 is 0 Å².